The van der Waals surface area contributed by atoms with E-state index in [1.54, 1.807) is 0 Å². The van der Waals surface area contributed by atoms with Gasteiger partial charge >= 0.3 is 0 Å². The maximum Gasteiger partial charge on any atom is 0.133 e. The molecule has 0 aliphatic rings. The molecule has 16 heavy (non-hydrogen) atoms. The van der Waals surface area contributed by atoms with Crippen molar-refractivity contribution in [3.05, 3.63) is 29.3 Å². The molecule has 0 saturated carbocycles. The lowest BCUT2D eigenvalue weighted by atomic mass is 10.3. The van der Waals surface area contributed by atoms with Crippen LogP contribution in [-0.2, 0) is 0 Å². The molecule has 0 heterocycles. The van der Waals surface area contributed by atoms with Crippen LogP contribution in [-0.4, -0.2) is 12.4 Å². The number of nitriles is 1. The highest BCUT2D eigenvalue weighted by Crippen LogP contribution is 2.17. The van der Waals surface area contributed by atoms with Crippen LogP contribution >= 0.6 is 23.4 Å². The Kier molecular flexibility index (Phi) is 6.87. The summed E-state index contributed by atoms with van der Waals surface area (Å²) in [6, 6.07) is 7.42. The molecule has 0 saturated heterocycles. The Bertz CT molecular complexity index is 351. The lowest BCUT2D eigenvalue weighted by Crippen LogP contribution is -1.97. The van der Waals surface area contributed by atoms with E-state index in [2.05, 4.69) is 5.40 Å². The van der Waals surface area contributed by atoms with Gasteiger partial charge in [0.15, 0.2) is 0 Å². The summed E-state index contributed by atoms with van der Waals surface area (Å²) in [5, 5.41) is 11.1. The van der Waals surface area contributed by atoms with Gasteiger partial charge in [0, 0.05) is 10.8 Å². The fourth-order valence-electron chi connectivity index (χ4n) is 1.25. The fraction of sp³-hybridized carbons (Fsp3) is 0.417. The molecule has 2 nitrogen and oxygen atoms in total. The zero-order valence-electron chi connectivity index (χ0n) is 8.99. The summed E-state index contributed by atoms with van der Waals surface area (Å²) in [6.07, 6.45) is 3.17. The Morgan fingerprint density at radius 2 is 2.19 bits per heavy atom. The molecule has 0 fully saturated rings. The number of nitrogens with zero attached hydrogens (tertiary/aromatic N) is 1. The third-order valence-corrected chi connectivity index (χ3v) is 2.88. The summed E-state index contributed by atoms with van der Waals surface area (Å²) >= 11 is 7.14. The summed E-state index contributed by atoms with van der Waals surface area (Å²) in [7, 11) is 0. The standard InChI is InChI=1S/C12H14ClNOS/c13-11-5-4-6-12(9-11)15-7-2-1-3-8-16-10-14/h4-6,9H,1-3,7-8H2. The van der Waals surface area contributed by atoms with Gasteiger partial charge in [-0.3, -0.25) is 0 Å². The van der Waals surface area contributed by atoms with Crippen LogP contribution in [0.15, 0.2) is 24.3 Å². The Morgan fingerprint density at radius 3 is 2.94 bits per heavy atom. The van der Waals surface area contributed by atoms with Crippen LogP contribution < -0.4 is 4.74 Å². The van der Waals surface area contributed by atoms with Crippen molar-refractivity contribution in [2.75, 3.05) is 12.4 Å². The quantitative estimate of drug-likeness (QED) is 0.543. The molecule has 0 spiro atoms. The Morgan fingerprint density at radius 1 is 1.31 bits per heavy atom. The molecule has 0 aliphatic carbocycles. The van der Waals surface area contributed by atoms with Crippen molar-refractivity contribution in [3.8, 4) is 11.2 Å². The number of benzene rings is 1. The molecule has 0 aromatic heterocycles. The summed E-state index contributed by atoms with van der Waals surface area (Å²) in [4.78, 5) is 0. The first kappa shape index (κ1) is 13.2. The smallest absolute Gasteiger partial charge is 0.133 e. The van der Waals surface area contributed by atoms with Crippen molar-refractivity contribution in [2.24, 2.45) is 0 Å². The van der Waals surface area contributed by atoms with Gasteiger partial charge in [-0.1, -0.05) is 17.7 Å². The van der Waals surface area contributed by atoms with Crippen molar-refractivity contribution in [2.45, 2.75) is 19.3 Å². The largest absolute Gasteiger partial charge is 0.494 e. The summed E-state index contributed by atoms with van der Waals surface area (Å²) in [6.45, 7) is 0.706. The first-order valence-corrected chi connectivity index (χ1v) is 6.58. The van der Waals surface area contributed by atoms with Gasteiger partial charge < -0.3 is 4.74 Å². The van der Waals surface area contributed by atoms with Crippen LogP contribution in [0.1, 0.15) is 19.3 Å². The van der Waals surface area contributed by atoms with E-state index in [0.29, 0.717) is 11.6 Å². The van der Waals surface area contributed by atoms with Crippen LogP contribution in [0.2, 0.25) is 5.02 Å². The van der Waals surface area contributed by atoms with E-state index < -0.39 is 0 Å². The number of hydrogen-bond donors (Lipinski definition) is 0. The number of ether oxygens (including phenoxy) is 1. The third kappa shape index (κ3) is 5.89. The average Bonchev–Trinajstić information content (AvgIpc) is 2.28. The second-order valence-corrected chi connectivity index (χ2v) is 4.62. The molecular formula is C12H14ClNOS. The van der Waals surface area contributed by atoms with E-state index in [1.165, 1.54) is 11.8 Å². The number of halogens is 1. The number of unbranched alkanes of at least 4 members (excludes halogenated alkanes) is 2. The maximum absolute atomic E-state index is 8.32. The lowest BCUT2D eigenvalue weighted by molar-refractivity contribution is 0.306. The number of hydrogen-bond acceptors (Lipinski definition) is 3. The molecule has 1 aromatic carbocycles. The predicted octanol–water partition coefficient (Wildman–Crippen LogP) is 4.10. The minimum absolute atomic E-state index is 0.697. The van der Waals surface area contributed by atoms with Crippen molar-refractivity contribution in [1.29, 1.82) is 5.26 Å². The lowest BCUT2D eigenvalue weighted by Gasteiger charge is -2.05. The number of rotatable bonds is 7. The molecule has 0 bridgehead atoms. The minimum Gasteiger partial charge on any atom is -0.494 e. The van der Waals surface area contributed by atoms with Gasteiger partial charge in [0.1, 0.15) is 11.2 Å². The topological polar surface area (TPSA) is 33.0 Å². The molecule has 0 aliphatic heterocycles. The van der Waals surface area contributed by atoms with Crippen molar-refractivity contribution in [1.82, 2.24) is 0 Å². The van der Waals surface area contributed by atoms with E-state index in [0.717, 1.165) is 30.8 Å². The van der Waals surface area contributed by atoms with Crippen LogP contribution in [0.25, 0.3) is 0 Å². The van der Waals surface area contributed by atoms with Gasteiger partial charge in [-0.15, -0.1) is 0 Å². The zero-order chi connectivity index (χ0) is 11.6. The van der Waals surface area contributed by atoms with E-state index in [4.69, 9.17) is 21.6 Å². The van der Waals surface area contributed by atoms with Gasteiger partial charge in [0.25, 0.3) is 0 Å². The van der Waals surface area contributed by atoms with Crippen molar-refractivity contribution in [3.63, 3.8) is 0 Å². The molecule has 86 valence electrons. The molecule has 1 rings (SSSR count). The Labute approximate surface area is 106 Å². The molecule has 0 atom stereocenters. The highest BCUT2D eigenvalue weighted by molar-refractivity contribution is 8.03. The van der Waals surface area contributed by atoms with Crippen LogP contribution in [0, 0.1) is 10.7 Å². The third-order valence-electron chi connectivity index (χ3n) is 2.02. The highest BCUT2D eigenvalue weighted by atomic mass is 35.5. The Balaban J connectivity index is 2.05. The second kappa shape index (κ2) is 8.32. The van der Waals surface area contributed by atoms with Crippen LogP contribution in [0.3, 0.4) is 0 Å². The molecular weight excluding hydrogens is 242 g/mol. The van der Waals surface area contributed by atoms with Crippen molar-refractivity contribution < 1.29 is 4.74 Å². The summed E-state index contributed by atoms with van der Waals surface area (Å²) in [5.74, 6) is 1.73. The predicted molar refractivity (Wildman–Crippen MR) is 68.9 cm³/mol. The van der Waals surface area contributed by atoms with E-state index in [-0.39, 0.29) is 0 Å². The van der Waals surface area contributed by atoms with Crippen LogP contribution in [0.5, 0.6) is 5.75 Å². The molecule has 4 heteroatoms. The molecule has 0 radical (unpaired) electrons. The first-order valence-electron chi connectivity index (χ1n) is 5.22. The normalized spacial score (nSPS) is 9.75. The molecule has 0 N–H and O–H groups in total. The zero-order valence-corrected chi connectivity index (χ0v) is 10.6. The van der Waals surface area contributed by atoms with Gasteiger partial charge in [-0.05, 0) is 49.2 Å². The van der Waals surface area contributed by atoms with Gasteiger partial charge in [-0.25, -0.2) is 0 Å². The SMILES string of the molecule is N#CSCCCCCOc1cccc(Cl)c1. The van der Waals surface area contributed by atoms with Crippen molar-refractivity contribution >= 4 is 23.4 Å². The van der Waals surface area contributed by atoms with Gasteiger partial charge in [0.2, 0.25) is 0 Å². The monoisotopic (exact) mass is 255 g/mol. The number of thiocyanates is 1. The minimum atomic E-state index is 0.697. The van der Waals surface area contributed by atoms with E-state index in [9.17, 15) is 0 Å². The second-order valence-electron chi connectivity index (χ2n) is 3.31. The summed E-state index contributed by atoms with van der Waals surface area (Å²) < 4.78 is 5.54. The summed E-state index contributed by atoms with van der Waals surface area (Å²) in [5.41, 5.74) is 0. The van der Waals surface area contributed by atoms with E-state index >= 15 is 0 Å². The maximum atomic E-state index is 8.32. The van der Waals surface area contributed by atoms with Crippen LogP contribution in [0.4, 0.5) is 0 Å². The fourth-order valence-corrected chi connectivity index (χ4v) is 1.87. The van der Waals surface area contributed by atoms with Gasteiger partial charge in [0.05, 0.1) is 6.61 Å². The molecule has 0 amide bonds. The average molecular weight is 256 g/mol. The first-order chi connectivity index (χ1) is 7.83. The molecule has 1 aromatic rings. The highest BCUT2D eigenvalue weighted by Gasteiger charge is 1.95. The van der Waals surface area contributed by atoms with E-state index in [1.807, 2.05) is 24.3 Å². The number of thioether (sulfide) groups is 1. The molecule has 0 unspecified atom stereocenters. The van der Waals surface area contributed by atoms with Gasteiger partial charge in [-0.2, -0.15) is 5.26 Å². The Hall–Kier alpha value is -0.850.